The van der Waals surface area contributed by atoms with Crippen LogP contribution >= 0.6 is 0 Å². The molecular formula is C28H33F3N5O4+. The number of hydrogen-bond donors (Lipinski definition) is 2. The van der Waals surface area contributed by atoms with Gasteiger partial charge in [-0.15, -0.1) is 0 Å². The SMILES string of the molecule is Cc1cc(C(C)[N+]23C(=O)c4ccc(OCC(F)(F)F)nc4N4CCCCC5C4C2C53)cc(NC(=O)C(C)(C)O)n1. The Labute approximate surface area is 229 Å². The largest absolute Gasteiger partial charge is 0.468 e. The molecule has 214 valence electrons. The average Bonchev–Trinajstić information content (AvgIpc) is 3.52. The molecule has 0 aromatic carbocycles. The average molecular weight is 561 g/mol. The Kier molecular flexibility index (Phi) is 5.98. The van der Waals surface area contributed by atoms with Crippen LogP contribution in [0.5, 0.6) is 5.88 Å². The standard InChI is InChI=1S/C28H32F3N5O4/c1-14-11-16(12-19(32-14)33-26(38)27(3,4)39)15(2)36-22-17-7-5-6-10-35(21(17)23(22)36)24-18(25(36)37)8-9-20(34-24)40-13-28(29,30)31/h8-9,11-12,15,17,21-23,39H,5-7,10,13H2,1-4H3/p+1. The van der Waals surface area contributed by atoms with Gasteiger partial charge >= 0.3 is 12.1 Å². The number of ether oxygens (including phenoxy) is 1. The van der Waals surface area contributed by atoms with Crippen molar-refractivity contribution in [1.82, 2.24) is 9.97 Å². The lowest BCUT2D eigenvalue weighted by Gasteiger charge is -2.37. The van der Waals surface area contributed by atoms with Crippen LogP contribution in [0, 0.1) is 12.8 Å². The molecule has 2 aromatic rings. The van der Waals surface area contributed by atoms with Crippen LogP contribution in [0.1, 0.15) is 67.7 Å². The molecule has 9 nitrogen and oxygen atoms in total. The maximum atomic E-state index is 14.5. The molecule has 2 amide bonds. The fraction of sp³-hybridized carbons (Fsp3) is 0.571. The molecule has 0 spiro atoms. The number of halogens is 3. The number of anilines is 2. The Bertz CT molecular complexity index is 1390. The lowest BCUT2D eigenvalue weighted by Crippen LogP contribution is -2.53. The molecule has 40 heavy (non-hydrogen) atoms. The summed E-state index contributed by atoms with van der Waals surface area (Å²) in [5.74, 6) is 0.138. The van der Waals surface area contributed by atoms with E-state index < -0.39 is 24.3 Å². The zero-order valence-corrected chi connectivity index (χ0v) is 22.8. The summed E-state index contributed by atoms with van der Waals surface area (Å²) in [6, 6.07) is 6.53. The van der Waals surface area contributed by atoms with E-state index in [1.807, 2.05) is 19.9 Å². The van der Waals surface area contributed by atoms with Crippen molar-refractivity contribution in [3.05, 3.63) is 41.1 Å². The minimum absolute atomic E-state index is 0.0437. The second kappa shape index (κ2) is 8.87. The number of nitrogens with one attached hydrogen (secondary N) is 1. The number of fused-ring (bicyclic) bond motifs is 4. The van der Waals surface area contributed by atoms with Gasteiger partial charge in [-0.3, -0.25) is 4.79 Å². The van der Waals surface area contributed by atoms with E-state index in [-0.39, 0.29) is 46.4 Å². The third-order valence-electron chi connectivity index (χ3n) is 9.00. The molecule has 1 saturated carbocycles. The van der Waals surface area contributed by atoms with Crippen molar-refractivity contribution in [3.8, 4) is 5.88 Å². The minimum atomic E-state index is -4.49. The molecule has 1 aliphatic carbocycles. The minimum Gasteiger partial charge on any atom is -0.468 e. The highest BCUT2D eigenvalue weighted by Gasteiger charge is 2.88. The molecule has 0 radical (unpaired) electrons. The van der Waals surface area contributed by atoms with Crippen molar-refractivity contribution in [3.63, 3.8) is 0 Å². The van der Waals surface area contributed by atoms with Crippen LogP contribution in [0.15, 0.2) is 24.3 Å². The monoisotopic (exact) mass is 560 g/mol. The Balaban J connectivity index is 1.39. The van der Waals surface area contributed by atoms with Gasteiger partial charge in [0.25, 0.3) is 5.91 Å². The molecule has 6 unspecified atom stereocenters. The predicted octanol–water partition coefficient (Wildman–Crippen LogP) is 3.91. The molecule has 2 N–H and O–H groups in total. The Hall–Kier alpha value is -3.25. The maximum absolute atomic E-state index is 14.5. The quantitative estimate of drug-likeness (QED) is 0.408. The van der Waals surface area contributed by atoms with Gasteiger partial charge in [-0.1, -0.05) is 6.42 Å². The van der Waals surface area contributed by atoms with Crippen molar-refractivity contribution in [2.75, 3.05) is 23.4 Å². The van der Waals surface area contributed by atoms with Gasteiger partial charge in [-0.2, -0.15) is 18.2 Å². The van der Waals surface area contributed by atoms with Gasteiger partial charge in [0.15, 0.2) is 18.7 Å². The van der Waals surface area contributed by atoms with Gasteiger partial charge in [-0.05, 0) is 58.7 Å². The van der Waals surface area contributed by atoms with Crippen molar-refractivity contribution < 1.29 is 37.1 Å². The van der Waals surface area contributed by atoms with Crippen LogP contribution in [0.2, 0.25) is 0 Å². The first-order valence-corrected chi connectivity index (χ1v) is 13.7. The summed E-state index contributed by atoms with van der Waals surface area (Å²) in [7, 11) is 0. The van der Waals surface area contributed by atoms with Crippen molar-refractivity contribution in [2.45, 2.75) is 82.9 Å². The molecule has 2 aromatic heterocycles. The molecular weight excluding hydrogens is 527 g/mol. The molecule has 3 aliphatic heterocycles. The lowest BCUT2D eigenvalue weighted by atomic mass is 9.76. The Morgan fingerprint density at radius 1 is 1.23 bits per heavy atom. The number of carbonyl (C=O) groups is 2. The van der Waals surface area contributed by atoms with E-state index in [1.165, 1.54) is 19.9 Å². The predicted molar refractivity (Wildman–Crippen MR) is 139 cm³/mol. The molecule has 0 bridgehead atoms. The van der Waals surface area contributed by atoms with Gasteiger partial charge in [0.1, 0.15) is 28.8 Å². The molecule has 6 rings (SSSR count). The Morgan fingerprint density at radius 3 is 2.67 bits per heavy atom. The number of nitrogens with zero attached hydrogens (tertiary/aromatic N) is 4. The molecule has 12 heteroatoms. The number of alkyl halides is 3. The summed E-state index contributed by atoms with van der Waals surface area (Å²) >= 11 is 0. The fourth-order valence-corrected chi connectivity index (χ4v) is 7.30. The summed E-state index contributed by atoms with van der Waals surface area (Å²) in [5.41, 5.74) is 0.303. The number of carbonyl (C=O) groups excluding carboxylic acids is 2. The van der Waals surface area contributed by atoms with Gasteiger partial charge in [-0.25, -0.2) is 14.3 Å². The van der Waals surface area contributed by atoms with E-state index in [0.29, 0.717) is 29.4 Å². The first-order valence-electron chi connectivity index (χ1n) is 13.7. The van der Waals surface area contributed by atoms with Crippen LogP contribution < -0.4 is 15.0 Å². The highest BCUT2D eigenvalue weighted by atomic mass is 19.4. The van der Waals surface area contributed by atoms with Crippen molar-refractivity contribution in [2.24, 2.45) is 5.92 Å². The van der Waals surface area contributed by atoms with E-state index in [2.05, 4.69) is 20.2 Å². The number of pyridine rings is 2. The van der Waals surface area contributed by atoms with Crippen molar-refractivity contribution in [1.29, 1.82) is 0 Å². The summed E-state index contributed by atoms with van der Waals surface area (Å²) in [6.45, 7) is 5.83. The van der Waals surface area contributed by atoms with Crippen LogP contribution in [-0.2, 0) is 4.79 Å². The number of rotatable bonds is 6. The number of amides is 2. The van der Waals surface area contributed by atoms with Crippen molar-refractivity contribution >= 4 is 23.5 Å². The summed E-state index contributed by atoms with van der Waals surface area (Å²) in [5, 5.41) is 12.8. The van der Waals surface area contributed by atoms with E-state index >= 15 is 0 Å². The normalized spacial score (nSPS) is 29.3. The van der Waals surface area contributed by atoms with Gasteiger partial charge < -0.3 is 20.1 Å². The van der Waals surface area contributed by atoms with Crippen LogP contribution in [0.25, 0.3) is 0 Å². The molecule has 6 atom stereocenters. The summed E-state index contributed by atoms with van der Waals surface area (Å²) < 4.78 is 43.6. The third kappa shape index (κ3) is 4.06. The lowest BCUT2D eigenvalue weighted by molar-refractivity contribution is -0.767. The highest BCUT2D eigenvalue weighted by molar-refractivity contribution is 5.98. The molecule has 3 fully saturated rings. The molecule has 2 saturated heterocycles. The smallest absolute Gasteiger partial charge is 0.422 e. The number of quaternary nitrogens is 1. The first-order chi connectivity index (χ1) is 18.7. The summed E-state index contributed by atoms with van der Waals surface area (Å²) in [4.78, 5) is 37.9. The second-order valence-electron chi connectivity index (χ2n) is 12.0. The number of hydrogen-bond acceptors (Lipinski definition) is 7. The zero-order chi connectivity index (χ0) is 28.8. The van der Waals surface area contributed by atoms with Crippen LogP contribution in [-0.4, -0.2) is 74.4 Å². The molecule has 4 aliphatic rings. The van der Waals surface area contributed by atoms with E-state index in [0.717, 1.165) is 24.8 Å². The topological polar surface area (TPSA) is 105 Å². The highest BCUT2D eigenvalue weighted by Crippen LogP contribution is 2.68. The van der Waals surface area contributed by atoms with E-state index in [4.69, 9.17) is 4.74 Å². The summed E-state index contributed by atoms with van der Waals surface area (Å²) in [6.07, 6.45) is -1.60. The van der Waals surface area contributed by atoms with Gasteiger partial charge in [0.05, 0.1) is 6.04 Å². The number of aliphatic hydroxyl groups is 1. The maximum Gasteiger partial charge on any atom is 0.422 e. The number of aryl methyl sites for hydroxylation is 1. The van der Waals surface area contributed by atoms with Gasteiger partial charge in [0.2, 0.25) is 5.88 Å². The third-order valence-corrected chi connectivity index (χ3v) is 9.00. The Morgan fingerprint density at radius 2 is 1.98 bits per heavy atom. The first kappa shape index (κ1) is 26.9. The second-order valence-corrected chi connectivity index (χ2v) is 12.0. The fourth-order valence-electron chi connectivity index (χ4n) is 7.30. The zero-order valence-electron chi connectivity index (χ0n) is 22.8. The van der Waals surface area contributed by atoms with Crippen LogP contribution in [0.4, 0.5) is 24.8 Å². The number of aromatic nitrogens is 2. The van der Waals surface area contributed by atoms with E-state index in [9.17, 15) is 27.9 Å². The van der Waals surface area contributed by atoms with Crippen LogP contribution in [0.3, 0.4) is 0 Å². The van der Waals surface area contributed by atoms with Gasteiger partial charge in [0, 0.05) is 29.8 Å². The van der Waals surface area contributed by atoms with E-state index in [1.54, 1.807) is 12.1 Å². The molecule has 5 heterocycles.